The van der Waals surface area contributed by atoms with Crippen LogP contribution in [0, 0.1) is 0 Å². The number of hydrogen-bond acceptors (Lipinski definition) is 4. The van der Waals surface area contributed by atoms with E-state index in [0.29, 0.717) is 0 Å². The van der Waals surface area contributed by atoms with Crippen LogP contribution in [0.4, 0.5) is 5.69 Å². The molecule has 1 unspecified atom stereocenters. The summed E-state index contributed by atoms with van der Waals surface area (Å²) in [5.41, 5.74) is 2.18. The zero-order valence-electron chi connectivity index (χ0n) is 10.9. The van der Waals surface area contributed by atoms with Crippen LogP contribution >= 0.6 is 7.60 Å². The fourth-order valence-electron chi connectivity index (χ4n) is 2.25. The molecule has 1 atom stereocenters. The molecule has 1 aliphatic rings. The van der Waals surface area contributed by atoms with Gasteiger partial charge in [0.2, 0.25) is 0 Å². The number of hydrogen-bond donors (Lipinski definition) is 0. The van der Waals surface area contributed by atoms with Crippen molar-refractivity contribution >= 4 is 19.4 Å². The topological polar surface area (TPSA) is 38.8 Å². The van der Waals surface area contributed by atoms with Crippen molar-refractivity contribution in [2.24, 2.45) is 0 Å². The van der Waals surface area contributed by atoms with Gasteiger partial charge in [-0.15, -0.1) is 0 Å². The average Bonchev–Trinajstić information content (AvgIpc) is 2.45. The van der Waals surface area contributed by atoms with Crippen LogP contribution in [0.5, 0.6) is 0 Å². The predicted molar refractivity (Wildman–Crippen MR) is 73.9 cm³/mol. The molecule has 4 nitrogen and oxygen atoms in total. The van der Waals surface area contributed by atoms with Crippen LogP contribution in [-0.4, -0.2) is 26.5 Å². The SMILES string of the molecule is CCN1c2ccccc2C=CC1P(=O)(OC)OC. The van der Waals surface area contributed by atoms with Gasteiger partial charge >= 0.3 is 7.60 Å². The lowest BCUT2D eigenvalue weighted by Crippen LogP contribution is -2.36. The fourth-order valence-corrected chi connectivity index (χ4v) is 3.76. The second-order valence-corrected chi connectivity index (χ2v) is 6.36. The van der Waals surface area contributed by atoms with Gasteiger partial charge in [-0.2, -0.15) is 0 Å². The van der Waals surface area contributed by atoms with Crippen LogP contribution < -0.4 is 4.90 Å². The first kappa shape index (κ1) is 13.3. The summed E-state index contributed by atoms with van der Waals surface area (Å²) in [4.78, 5) is 2.04. The standard InChI is InChI=1S/C13H18NO3P/c1-4-14-12-8-6-5-7-11(12)9-10-13(14)18(15,16-2)17-3/h5-10,13H,4H2,1-3H3. The molecule has 0 radical (unpaired) electrons. The highest BCUT2D eigenvalue weighted by Gasteiger charge is 2.38. The van der Waals surface area contributed by atoms with Gasteiger partial charge in [0.15, 0.2) is 5.78 Å². The van der Waals surface area contributed by atoms with Crippen molar-refractivity contribution in [2.45, 2.75) is 12.7 Å². The first-order chi connectivity index (χ1) is 8.66. The van der Waals surface area contributed by atoms with E-state index in [2.05, 4.69) is 0 Å². The monoisotopic (exact) mass is 267 g/mol. The van der Waals surface area contributed by atoms with Crippen LogP contribution in [0.1, 0.15) is 12.5 Å². The molecule has 0 bridgehead atoms. The van der Waals surface area contributed by atoms with E-state index in [4.69, 9.17) is 9.05 Å². The van der Waals surface area contributed by atoms with E-state index < -0.39 is 7.60 Å². The number of nitrogens with zero attached hydrogens (tertiary/aromatic N) is 1. The predicted octanol–water partition coefficient (Wildman–Crippen LogP) is 3.35. The van der Waals surface area contributed by atoms with Gasteiger partial charge in [-0.05, 0) is 24.6 Å². The molecule has 0 saturated heterocycles. The molecule has 1 aromatic rings. The Bertz CT molecular complexity index is 493. The van der Waals surface area contributed by atoms with E-state index in [1.165, 1.54) is 14.2 Å². The average molecular weight is 267 g/mol. The first-order valence-corrected chi connectivity index (χ1v) is 7.52. The number of rotatable bonds is 4. The summed E-state index contributed by atoms with van der Waals surface area (Å²) < 4.78 is 22.8. The van der Waals surface area contributed by atoms with Crippen molar-refractivity contribution in [1.29, 1.82) is 0 Å². The highest BCUT2D eigenvalue weighted by molar-refractivity contribution is 7.55. The third kappa shape index (κ3) is 2.12. The summed E-state index contributed by atoms with van der Waals surface area (Å²) in [5, 5.41) is 0. The summed E-state index contributed by atoms with van der Waals surface area (Å²) in [6, 6.07) is 8.02. The maximum atomic E-state index is 12.5. The molecule has 0 spiro atoms. The van der Waals surface area contributed by atoms with E-state index in [1.54, 1.807) is 0 Å². The summed E-state index contributed by atoms with van der Waals surface area (Å²) in [5.74, 6) is -0.368. The van der Waals surface area contributed by atoms with Crippen LogP contribution in [-0.2, 0) is 13.6 Å². The van der Waals surface area contributed by atoms with Crippen molar-refractivity contribution in [2.75, 3.05) is 25.7 Å². The molecule has 5 heteroatoms. The number of anilines is 1. The lowest BCUT2D eigenvalue weighted by molar-refractivity contribution is 0.269. The van der Waals surface area contributed by atoms with Crippen LogP contribution in [0.15, 0.2) is 30.3 Å². The zero-order chi connectivity index (χ0) is 13.2. The summed E-state index contributed by atoms with van der Waals surface area (Å²) in [6.07, 6.45) is 3.86. The Balaban J connectivity index is 2.46. The molecule has 0 aromatic heterocycles. The van der Waals surface area contributed by atoms with Crippen molar-refractivity contribution in [1.82, 2.24) is 0 Å². The fraction of sp³-hybridized carbons (Fsp3) is 0.385. The molecule has 2 rings (SSSR count). The molecule has 1 aliphatic heterocycles. The molecule has 0 amide bonds. The molecule has 1 heterocycles. The van der Waals surface area contributed by atoms with E-state index in [0.717, 1.165) is 17.8 Å². The van der Waals surface area contributed by atoms with Gasteiger partial charge in [-0.3, -0.25) is 4.57 Å². The molecule has 98 valence electrons. The molecule has 0 N–H and O–H groups in total. The second-order valence-electron chi connectivity index (χ2n) is 4.02. The van der Waals surface area contributed by atoms with Gasteiger partial charge in [-0.1, -0.05) is 24.3 Å². The van der Waals surface area contributed by atoms with Crippen molar-refractivity contribution in [3.63, 3.8) is 0 Å². The maximum absolute atomic E-state index is 12.5. The summed E-state index contributed by atoms with van der Waals surface area (Å²) in [6.45, 7) is 2.77. The molecule has 18 heavy (non-hydrogen) atoms. The molecular weight excluding hydrogens is 249 g/mol. The summed E-state index contributed by atoms with van der Waals surface area (Å²) >= 11 is 0. The quantitative estimate of drug-likeness (QED) is 0.784. The number of para-hydroxylation sites is 1. The van der Waals surface area contributed by atoms with E-state index >= 15 is 0 Å². The Kier molecular flexibility index (Phi) is 3.91. The highest BCUT2D eigenvalue weighted by atomic mass is 31.2. The van der Waals surface area contributed by atoms with E-state index in [-0.39, 0.29) is 5.78 Å². The minimum atomic E-state index is -3.15. The van der Waals surface area contributed by atoms with E-state index in [9.17, 15) is 4.57 Å². The highest BCUT2D eigenvalue weighted by Crippen LogP contribution is 2.55. The lowest BCUT2D eigenvalue weighted by atomic mass is 10.1. The third-order valence-electron chi connectivity index (χ3n) is 3.19. The van der Waals surface area contributed by atoms with Gasteiger partial charge in [-0.25, -0.2) is 0 Å². The molecule has 0 fully saturated rings. The Morgan fingerprint density at radius 1 is 1.28 bits per heavy atom. The van der Waals surface area contributed by atoms with Crippen molar-refractivity contribution < 1.29 is 13.6 Å². The minimum absolute atomic E-state index is 0.368. The van der Waals surface area contributed by atoms with Gasteiger partial charge in [0.25, 0.3) is 0 Å². The Labute approximate surface area is 108 Å². The zero-order valence-corrected chi connectivity index (χ0v) is 11.8. The van der Waals surface area contributed by atoms with Crippen LogP contribution in [0.25, 0.3) is 6.08 Å². The number of likely N-dealkylation sites (N-methyl/N-ethyl adjacent to an activating group) is 1. The number of fused-ring (bicyclic) bond motifs is 1. The lowest BCUT2D eigenvalue weighted by Gasteiger charge is -2.37. The molecular formula is C13H18NO3P. The number of benzene rings is 1. The van der Waals surface area contributed by atoms with E-state index in [1.807, 2.05) is 48.2 Å². The molecule has 0 saturated carbocycles. The Morgan fingerprint density at radius 2 is 1.94 bits per heavy atom. The summed E-state index contributed by atoms with van der Waals surface area (Å²) in [7, 11) is -0.300. The smallest absolute Gasteiger partial charge is 0.354 e. The molecule has 1 aromatic carbocycles. The van der Waals surface area contributed by atoms with Gasteiger partial charge in [0, 0.05) is 26.5 Å². The maximum Gasteiger partial charge on any atom is 0.356 e. The third-order valence-corrected chi connectivity index (χ3v) is 5.30. The largest absolute Gasteiger partial charge is 0.356 e. The molecule has 0 aliphatic carbocycles. The Morgan fingerprint density at radius 3 is 2.56 bits per heavy atom. The van der Waals surface area contributed by atoms with Crippen molar-refractivity contribution in [3.8, 4) is 0 Å². The normalized spacial score (nSPS) is 18.8. The Hall–Kier alpha value is -1.09. The van der Waals surface area contributed by atoms with Gasteiger partial charge in [0.05, 0.1) is 0 Å². The van der Waals surface area contributed by atoms with Crippen molar-refractivity contribution in [3.05, 3.63) is 35.9 Å². The first-order valence-electron chi connectivity index (χ1n) is 5.91. The van der Waals surface area contributed by atoms with Crippen LogP contribution in [0.2, 0.25) is 0 Å². The van der Waals surface area contributed by atoms with Gasteiger partial charge in [0.1, 0.15) is 0 Å². The van der Waals surface area contributed by atoms with Crippen LogP contribution in [0.3, 0.4) is 0 Å². The second kappa shape index (κ2) is 5.27. The van der Waals surface area contributed by atoms with Gasteiger partial charge < -0.3 is 13.9 Å². The minimum Gasteiger partial charge on any atom is -0.354 e.